The largest absolute Gasteiger partial charge is 0.322 e. The zero-order valence-corrected chi connectivity index (χ0v) is 12.3. The molecule has 0 aliphatic heterocycles. The van der Waals surface area contributed by atoms with Gasteiger partial charge in [-0.3, -0.25) is 4.79 Å². The molecule has 0 fully saturated rings. The van der Waals surface area contributed by atoms with Crippen LogP contribution in [0.4, 0.5) is 5.69 Å². The molecule has 1 amide bonds. The van der Waals surface area contributed by atoms with Gasteiger partial charge in [0, 0.05) is 30.1 Å². The molecule has 2 heterocycles. The Balaban J connectivity index is 1.84. The first-order valence-electron chi connectivity index (χ1n) is 6.39. The first kappa shape index (κ1) is 14.2. The number of benzene rings is 1. The van der Waals surface area contributed by atoms with E-state index < -0.39 is 0 Å². The normalized spacial score (nSPS) is 10.5. The smallest absolute Gasteiger partial charge is 0.255 e. The van der Waals surface area contributed by atoms with Gasteiger partial charge >= 0.3 is 0 Å². The summed E-state index contributed by atoms with van der Waals surface area (Å²) in [5.74, 6) is 0.348. The Kier molecular flexibility index (Phi) is 3.80. The molecule has 3 rings (SSSR count). The van der Waals surface area contributed by atoms with Crippen LogP contribution in [0.15, 0.2) is 42.6 Å². The lowest BCUT2D eigenvalue weighted by atomic mass is 10.1. The minimum absolute atomic E-state index is 0.266. The number of tetrazole rings is 1. The summed E-state index contributed by atoms with van der Waals surface area (Å²) >= 11 is 5.79. The molecular formula is C14H11ClN6O. The van der Waals surface area contributed by atoms with Crippen molar-refractivity contribution in [1.82, 2.24) is 25.2 Å². The molecule has 110 valence electrons. The highest BCUT2D eigenvalue weighted by Crippen LogP contribution is 2.20. The summed E-state index contributed by atoms with van der Waals surface area (Å²) in [5, 5.41) is 14.4. The molecule has 0 radical (unpaired) electrons. The van der Waals surface area contributed by atoms with Crippen LogP contribution in [0.25, 0.3) is 11.4 Å². The second-order valence-electron chi connectivity index (χ2n) is 4.53. The Morgan fingerprint density at radius 2 is 2.14 bits per heavy atom. The average Bonchev–Trinajstić information content (AvgIpc) is 2.94. The number of rotatable bonds is 3. The van der Waals surface area contributed by atoms with E-state index in [0.717, 1.165) is 5.56 Å². The maximum absolute atomic E-state index is 12.2. The highest BCUT2D eigenvalue weighted by atomic mass is 35.5. The number of nitrogens with one attached hydrogen (secondary N) is 1. The minimum atomic E-state index is -0.266. The van der Waals surface area contributed by atoms with Gasteiger partial charge in [-0.1, -0.05) is 23.7 Å². The molecule has 3 aromatic rings. The first-order chi connectivity index (χ1) is 10.6. The van der Waals surface area contributed by atoms with E-state index in [1.165, 1.54) is 12.3 Å². The Morgan fingerprint density at radius 3 is 2.86 bits per heavy atom. The number of carbonyl (C=O) groups excluding carboxylic acids is 1. The van der Waals surface area contributed by atoms with Gasteiger partial charge in [0.1, 0.15) is 5.15 Å². The summed E-state index contributed by atoms with van der Waals surface area (Å²) in [6.45, 7) is 0. The van der Waals surface area contributed by atoms with Gasteiger partial charge in [0.25, 0.3) is 5.91 Å². The predicted molar refractivity (Wildman–Crippen MR) is 81.4 cm³/mol. The standard InChI is InChI=1S/C14H11ClN6O/c1-21-13(18-19-20-21)9-3-2-4-11(7-9)17-14(22)10-5-6-16-12(15)8-10/h2-8H,1H3,(H,17,22). The fourth-order valence-electron chi connectivity index (χ4n) is 1.96. The number of carbonyl (C=O) groups is 1. The lowest BCUT2D eigenvalue weighted by Crippen LogP contribution is -2.12. The molecule has 0 saturated heterocycles. The number of hydrogen-bond acceptors (Lipinski definition) is 5. The predicted octanol–water partition coefficient (Wildman–Crippen LogP) is 2.18. The van der Waals surface area contributed by atoms with E-state index in [-0.39, 0.29) is 11.1 Å². The van der Waals surface area contributed by atoms with Crippen molar-refractivity contribution in [2.75, 3.05) is 5.32 Å². The molecule has 2 aromatic heterocycles. The third-order valence-corrected chi connectivity index (χ3v) is 3.19. The fraction of sp³-hybridized carbons (Fsp3) is 0.0714. The maximum atomic E-state index is 12.2. The Morgan fingerprint density at radius 1 is 1.27 bits per heavy atom. The number of halogens is 1. The van der Waals surface area contributed by atoms with Crippen molar-refractivity contribution < 1.29 is 4.79 Å². The van der Waals surface area contributed by atoms with Crippen molar-refractivity contribution in [2.45, 2.75) is 0 Å². The summed E-state index contributed by atoms with van der Waals surface area (Å²) in [7, 11) is 1.75. The van der Waals surface area contributed by atoms with Crippen LogP contribution in [-0.2, 0) is 7.05 Å². The fourth-order valence-corrected chi connectivity index (χ4v) is 2.13. The lowest BCUT2D eigenvalue weighted by Gasteiger charge is -2.07. The summed E-state index contributed by atoms with van der Waals surface area (Å²) < 4.78 is 1.56. The zero-order chi connectivity index (χ0) is 15.5. The molecule has 0 atom stereocenters. The number of anilines is 1. The molecule has 1 aromatic carbocycles. The van der Waals surface area contributed by atoms with Gasteiger partial charge in [-0.15, -0.1) is 5.10 Å². The summed E-state index contributed by atoms with van der Waals surface area (Å²) in [6, 6.07) is 10.4. The molecule has 7 nitrogen and oxygen atoms in total. The summed E-state index contributed by atoms with van der Waals surface area (Å²) in [4.78, 5) is 16.0. The second kappa shape index (κ2) is 5.90. The number of amides is 1. The van der Waals surface area contributed by atoms with E-state index in [1.807, 2.05) is 12.1 Å². The zero-order valence-electron chi connectivity index (χ0n) is 11.6. The minimum Gasteiger partial charge on any atom is -0.322 e. The molecule has 0 unspecified atom stereocenters. The number of hydrogen-bond donors (Lipinski definition) is 1. The van der Waals surface area contributed by atoms with Crippen molar-refractivity contribution in [1.29, 1.82) is 0 Å². The van der Waals surface area contributed by atoms with Crippen molar-refractivity contribution in [3.05, 3.63) is 53.3 Å². The van der Waals surface area contributed by atoms with Crippen LogP contribution in [0.3, 0.4) is 0 Å². The van der Waals surface area contributed by atoms with Gasteiger partial charge < -0.3 is 5.32 Å². The van der Waals surface area contributed by atoms with Crippen LogP contribution >= 0.6 is 11.6 Å². The third kappa shape index (κ3) is 2.94. The summed E-state index contributed by atoms with van der Waals surface area (Å²) in [6.07, 6.45) is 1.49. The Bertz CT molecular complexity index is 831. The molecular weight excluding hydrogens is 304 g/mol. The van der Waals surface area contributed by atoms with E-state index >= 15 is 0 Å². The monoisotopic (exact) mass is 314 g/mol. The highest BCUT2D eigenvalue weighted by molar-refractivity contribution is 6.29. The van der Waals surface area contributed by atoms with Crippen molar-refractivity contribution >= 4 is 23.2 Å². The van der Waals surface area contributed by atoms with E-state index in [4.69, 9.17) is 11.6 Å². The van der Waals surface area contributed by atoms with Gasteiger partial charge in [-0.05, 0) is 34.7 Å². The van der Waals surface area contributed by atoms with E-state index in [2.05, 4.69) is 25.8 Å². The second-order valence-corrected chi connectivity index (χ2v) is 4.92. The van der Waals surface area contributed by atoms with Crippen LogP contribution in [0, 0.1) is 0 Å². The van der Waals surface area contributed by atoms with E-state index in [0.29, 0.717) is 17.1 Å². The molecule has 0 bridgehead atoms. The van der Waals surface area contributed by atoms with Crippen molar-refractivity contribution in [3.63, 3.8) is 0 Å². The molecule has 22 heavy (non-hydrogen) atoms. The van der Waals surface area contributed by atoms with E-state index in [1.54, 1.807) is 29.9 Å². The molecule has 8 heteroatoms. The molecule has 0 saturated carbocycles. The quantitative estimate of drug-likeness (QED) is 0.749. The van der Waals surface area contributed by atoms with Gasteiger partial charge in [0.05, 0.1) is 0 Å². The van der Waals surface area contributed by atoms with Gasteiger partial charge in [0.15, 0.2) is 5.82 Å². The van der Waals surface area contributed by atoms with Crippen LogP contribution in [0.2, 0.25) is 5.15 Å². The third-order valence-electron chi connectivity index (χ3n) is 2.99. The van der Waals surface area contributed by atoms with Crippen LogP contribution in [-0.4, -0.2) is 31.1 Å². The number of aromatic nitrogens is 5. The Labute approximate surface area is 130 Å². The van der Waals surface area contributed by atoms with Crippen molar-refractivity contribution in [3.8, 4) is 11.4 Å². The SMILES string of the molecule is Cn1nnnc1-c1cccc(NC(=O)c2ccnc(Cl)c2)c1. The summed E-state index contributed by atoms with van der Waals surface area (Å²) in [5.41, 5.74) is 1.88. The molecule has 1 N–H and O–H groups in total. The number of nitrogens with zero attached hydrogens (tertiary/aromatic N) is 5. The van der Waals surface area contributed by atoms with Crippen LogP contribution < -0.4 is 5.32 Å². The van der Waals surface area contributed by atoms with Crippen molar-refractivity contribution in [2.24, 2.45) is 7.05 Å². The Hall–Kier alpha value is -2.80. The van der Waals surface area contributed by atoms with Gasteiger partial charge in [0.2, 0.25) is 0 Å². The number of pyridine rings is 1. The highest BCUT2D eigenvalue weighted by Gasteiger charge is 2.10. The molecule has 0 aliphatic carbocycles. The van der Waals surface area contributed by atoms with E-state index in [9.17, 15) is 4.79 Å². The molecule has 0 spiro atoms. The van der Waals surface area contributed by atoms with Crippen LogP contribution in [0.5, 0.6) is 0 Å². The lowest BCUT2D eigenvalue weighted by molar-refractivity contribution is 0.102. The average molecular weight is 315 g/mol. The van der Waals surface area contributed by atoms with Gasteiger partial charge in [-0.25, -0.2) is 9.67 Å². The number of aryl methyl sites for hydroxylation is 1. The topological polar surface area (TPSA) is 85.6 Å². The molecule has 0 aliphatic rings. The first-order valence-corrected chi connectivity index (χ1v) is 6.77. The maximum Gasteiger partial charge on any atom is 0.255 e. The van der Waals surface area contributed by atoms with Crippen LogP contribution in [0.1, 0.15) is 10.4 Å². The van der Waals surface area contributed by atoms with Gasteiger partial charge in [-0.2, -0.15) is 0 Å².